The number of aliphatic imine (C=N–C) groups is 1. The first kappa shape index (κ1) is 22.8. The van der Waals surface area contributed by atoms with Gasteiger partial charge >= 0.3 is 0 Å². The number of benzene rings is 1. The van der Waals surface area contributed by atoms with Gasteiger partial charge in [-0.25, -0.2) is 0 Å². The van der Waals surface area contributed by atoms with E-state index in [9.17, 15) is 0 Å². The van der Waals surface area contributed by atoms with Crippen LogP contribution in [0.1, 0.15) is 24.6 Å². The van der Waals surface area contributed by atoms with E-state index in [0.29, 0.717) is 0 Å². The molecule has 1 aromatic heterocycles. The molecule has 0 radical (unpaired) electrons. The van der Waals surface area contributed by atoms with Crippen molar-refractivity contribution in [1.29, 1.82) is 0 Å². The topological polar surface area (TPSA) is 59.6 Å². The Hall–Kier alpha value is -1.48. The van der Waals surface area contributed by atoms with Gasteiger partial charge in [-0.2, -0.15) is 5.10 Å². The number of rotatable bonds is 6. The van der Waals surface area contributed by atoms with Crippen molar-refractivity contribution < 1.29 is 0 Å². The molecule has 2 aromatic rings. The normalized spacial score (nSPS) is 14.8. The molecule has 154 valence electrons. The molecule has 0 unspecified atom stereocenters. The molecule has 0 saturated carbocycles. The van der Waals surface area contributed by atoms with Crippen molar-refractivity contribution in [1.82, 2.24) is 20.4 Å². The molecule has 8 heteroatoms. The Labute approximate surface area is 189 Å². The average molecular weight is 517 g/mol. The molecular formula is C20H30ClIN6. The van der Waals surface area contributed by atoms with Gasteiger partial charge in [0.2, 0.25) is 0 Å². The first-order valence-electron chi connectivity index (χ1n) is 9.70. The zero-order chi connectivity index (χ0) is 19.1. The van der Waals surface area contributed by atoms with Crippen LogP contribution in [0.5, 0.6) is 0 Å². The second-order valence-electron chi connectivity index (χ2n) is 6.78. The Morgan fingerprint density at radius 2 is 2.00 bits per heavy atom. The maximum Gasteiger partial charge on any atom is 0.194 e. The summed E-state index contributed by atoms with van der Waals surface area (Å²) in [7, 11) is 0. The fraction of sp³-hybridized carbons (Fsp3) is 0.500. The van der Waals surface area contributed by atoms with Crippen LogP contribution in [0.15, 0.2) is 35.5 Å². The Balaban J connectivity index is 0.00000280. The van der Waals surface area contributed by atoms with E-state index in [1.807, 2.05) is 24.4 Å². The molecule has 2 heterocycles. The van der Waals surface area contributed by atoms with Crippen molar-refractivity contribution in [2.75, 3.05) is 44.2 Å². The summed E-state index contributed by atoms with van der Waals surface area (Å²) in [6.45, 7) is 9.65. The molecule has 1 saturated heterocycles. The highest BCUT2D eigenvalue weighted by Gasteiger charge is 2.20. The number of nitrogens with zero attached hydrogens (tertiary/aromatic N) is 4. The van der Waals surface area contributed by atoms with E-state index in [1.54, 1.807) is 0 Å². The van der Waals surface area contributed by atoms with Gasteiger partial charge in [0.25, 0.3) is 0 Å². The van der Waals surface area contributed by atoms with Crippen molar-refractivity contribution in [3.8, 4) is 0 Å². The standard InChI is InChI=1S/C20H29ClN6.HI/c1-3-22-20(23-10-6-7-17-15-24-25-16(17)2)27-13-11-26(12-14-27)19-9-5-4-8-18(19)21;/h4-5,8-9,15H,3,6-7,10-14H2,1-2H3,(H,22,23)(H,24,25);1H. The lowest BCUT2D eigenvalue weighted by Crippen LogP contribution is -2.52. The van der Waals surface area contributed by atoms with Crippen LogP contribution >= 0.6 is 35.6 Å². The zero-order valence-electron chi connectivity index (χ0n) is 16.6. The number of para-hydroxylation sites is 1. The summed E-state index contributed by atoms with van der Waals surface area (Å²) >= 11 is 6.35. The van der Waals surface area contributed by atoms with Gasteiger partial charge in [-0.15, -0.1) is 24.0 Å². The van der Waals surface area contributed by atoms with Crippen molar-refractivity contribution >= 4 is 47.2 Å². The lowest BCUT2D eigenvalue weighted by Gasteiger charge is -2.38. The lowest BCUT2D eigenvalue weighted by molar-refractivity contribution is 0.372. The largest absolute Gasteiger partial charge is 0.367 e. The van der Waals surface area contributed by atoms with E-state index >= 15 is 0 Å². The third-order valence-corrected chi connectivity index (χ3v) is 5.23. The average Bonchev–Trinajstić information content (AvgIpc) is 3.10. The van der Waals surface area contributed by atoms with E-state index in [0.717, 1.165) is 74.5 Å². The molecule has 1 aromatic carbocycles. The van der Waals surface area contributed by atoms with Gasteiger partial charge in [-0.1, -0.05) is 23.7 Å². The molecule has 1 aliphatic rings. The monoisotopic (exact) mass is 516 g/mol. The van der Waals surface area contributed by atoms with Crippen molar-refractivity contribution in [3.63, 3.8) is 0 Å². The highest BCUT2D eigenvalue weighted by Crippen LogP contribution is 2.26. The van der Waals surface area contributed by atoms with Gasteiger partial charge < -0.3 is 15.1 Å². The van der Waals surface area contributed by atoms with Crippen LogP contribution in [0, 0.1) is 6.92 Å². The van der Waals surface area contributed by atoms with Crippen LogP contribution in [0.3, 0.4) is 0 Å². The van der Waals surface area contributed by atoms with Gasteiger partial charge in [0.15, 0.2) is 5.96 Å². The van der Waals surface area contributed by atoms with E-state index < -0.39 is 0 Å². The second kappa shape index (κ2) is 11.5. The Kier molecular flexibility index (Phi) is 9.37. The lowest BCUT2D eigenvalue weighted by atomic mass is 10.1. The summed E-state index contributed by atoms with van der Waals surface area (Å²) in [5.41, 5.74) is 3.56. The summed E-state index contributed by atoms with van der Waals surface area (Å²) in [5.74, 6) is 1.01. The molecule has 0 aliphatic carbocycles. The molecular weight excluding hydrogens is 487 g/mol. The molecule has 1 fully saturated rings. The van der Waals surface area contributed by atoms with Gasteiger partial charge in [0, 0.05) is 45.0 Å². The smallest absolute Gasteiger partial charge is 0.194 e. The molecule has 0 spiro atoms. The molecule has 0 bridgehead atoms. The fourth-order valence-corrected chi connectivity index (χ4v) is 3.63. The van der Waals surface area contributed by atoms with Gasteiger partial charge in [0.1, 0.15) is 0 Å². The van der Waals surface area contributed by atoms with Crippen molar-refractivity contribution in [3.05, 3.63) is 46.7 Å². The maximum atomic E-state index is 6.35. The predicted molar refractivity (Wildman–Crippen MR) is 128 cm³/mol. The number of aryl methyl sites for hydroxylation is 2. The Morgan fingerprint density at radius 3 is 2.64 bits per heavy atom. The Morgan fingerprint density at radius 1 is 1.25 bits per heavy atom. The molecule has 0 amide bonds. The van der Waals surface area contributed by atoms with Gasteiger partial charge in [0.05, 0.1) is 16.9 Å². The molecule has 2 N–H and O–H groups in total. The summed E-state index contributed by atoms with van der Waals surface area (Å²) in [4.78, 5) is 9.54. The number of piperazine rings is 1. The van der Waals surface area contributed by atoms with Crippen LogP contribution in [-0.2, 0) is 6.42 Å². The molecule has 3 rings (SSSR count). The number of hydrogen-bond donors (Lipinski definition) is 2. The predicted octanol–water partition coefficient (Wildman–Crippen LogP) is 3.71. The third kappa shape index (κ3) is 6.01. The van der Waals surface area contributed by atoms with E-state index in [2.05, 4.69) is 45.2 Å². The van der Waals surface area contributed by atoms with Gasteiger partial charge in [-0.05, 0) is 44.4 Å². The number of H-pyrrole nitrogens is 1. The zero-order valence-corrected chi connectivity index (χ0v) is 19.7. The number of aromatic amines is 1. The summed E-state index contributed by atoms with van der Waals surface area (Å²) < 4.78 is 0. The van der Waals surface area contributed by atoms with Crippen LogP contribution < -0.4 is 10.2 Å². The van der Waals surface area contributed by atoms with Crippen molar-refractivity contribution in [2.45, 2.75) is 26.7 Å². The number of nitrogens with one attached hydrogen (secondary N) is 2. The van der Waals surface area contributed by atoms with Crippen LogP contribution in [0.4, 0.5) is 5.69 Å². The SMILES string of the molecule is CCNC(=NCCCc1cn[nH]c1C)N1CCN(c2ccccc2Cl)CC1.I. The minimum Gasteiger partial charge on any atom is -0.367 e. The first-order valence-corrected chi connectivity index (χ1v) is 10.1. The second-order valence-corrected chi connectivity index (χ2v) is 7.19. The minimum absolute atomic E-state index is 0. The number of aromatic nitrogens is 2. The van der Waals surface area contributed by atoms with Crippen LogP contribution in [-0.4, -0.2) is 60.3 Å². The summed E-state index contributed by atoms with van der Waals surface area (Å²) in [6.07, 6.45) is 3.94. The molecule has 28 heavy (non-hydrogen) atoms. The summed E-state index contributed by atoms with van der Waals surface area (Å²) in [5, 5.41) is 11.3. The van der Waals surface area contributed by atoms with Gasteiger partial charge in [-0.3, -0.25) is 10.1 Å². The molecule has 0 atom stereocenters. The number of halogens is 2. The first-order chi connectivity index (χ1) is 13.2. The molecule has 6 nitrogen and oxygen atoms in total. The Bertz CT molecular complexity index is 755. The highest BCUT2D eigenvalue weighted by atomic mass is 127. The van der Waals surface area contributed by atoms with E-state index in [-0.39, 0.29) is 24.0 Å². The van der Waals surface area contributed by atoms with Crippen LogP contribution in [0.2, 0.25) is 5.02 Å². The number of hydrogen-bond acceptors (Lipinski definition) is 3. The number of anilines is 1. The maximum absolute atomic E-state index is 6.35. The van der Waals surface area contributed by atoms with Crippen molar-refractivity contribution in [2.24, 2.45) is 4.99 Å². The summed E-state index contributed by atoms with van der Waals surface area (Å²) in [6, 6.07) is 8.07. The fourth-order valence-electron chi connectivity index (χ4n) is 3.38. The molecule has 1 aliphatic heterocycles. The quantitative estimate of drug-likeness (QED) is 0.266. The minimum atomic E-state index is 0. The number of guanidine groups is 1. The van der Waals surface area contributed by atoms with E-state index in [4.69, 9.17) is 16.6 Å². The highest BCUT2D eigenvalue weighted by molar-refractivity contribution is 14.0. The van der Waals surface area contributed by atoms with Crippen LogP contribution in [0.25, 0.3) is 0 Å². The van der Waals surface area contributed by atoms with E-state index in [1.165, 1.54) is 5.56 Å². The third-order valence-electron chi connectivity index (χ3n) is 4.91.